The summed E-state index contributed by atoms with van der Waals surface area (Å²) in [6.07, 6.45) is 2.51. The van der Waals surface area contributed by atoms with Gasteiger partial charge in [-0.25, -0.2) is 0 Å². The Morgan fingerprint density at radius 1 is 1.04 bits per heavy atom. The number of halogens is 1. The number of carbonyl (C=O) groups is 3. The molecule has 1 heterocycles. The van der Waals surface area contributed by atoms with E-state index in [2.05, 4.69) is 34.8 Å². The average molecular weight is 488 g/mol. The molecule has 3 atom stereocenters. The van der Waals surface area contributed by atoms with Crippen LogP contribution in [-0.2, 0) is 9.59 Å². The van der Waals surface area contributed by atoms with Crippen LogP contribution in [0.15, 0.2) is 48.5 Å². The van der Waals surface area contributed by atoms with Gasteiger partial charge in [0.15, 0.2) is 0 Å². The highest BCUT2D eigenvalue weighted by Crippen LogP contribution is 2.42. The van der Waals surface area contributed by atoms with Gasteiger partial charge in [0.1, 0.15) is 0 Å². The molecule has 1 saturated carbocycles. The van der Waals surface area contributed by atoms with Gasteiger partial charge in [-0.3, -0.25) is 19.3 Å². The zero-order valence-electron chi connectivity index (χ0n) is 15.5. The summed E-state index contributed by atoms with van der Waals surface area (Å²) in [5.41, 5.74) is 1.59. The molecule has 1 aliphatic carbocycles. The maximum atomic E-state index is 12.9. The van der Waals surface area contributed by atoms with Gasteiger partial charge in [-0.05, 0) is 90.2 Å². The lowest BCUT2D eigenvalue weighted by molar-refractivity contribution is -0.122. The highest BCUT2D eigenvalue weighted by atomic mass is 127. The number of imide groups is 1. The van der Waals surface area contributed by atoms with Crippen molar-refractivity contribution in [3.63, 3.8) is 0 Å². The predicted octanol–water partition coefficient (Wildman–Crippen LogP) is 4.47. The van der Waals surface area contributed by atoms with Crippen LogP contribution in [-0.4, -0.2) is 17.7 Å². The van der Waals surface area contributed by atoms with Crippen LogP contribution in [0, 0.1) is 21.3 Å². The lowest BCUT2D eigenvalue weighted by Gasteiger charge is -2.25. The van der Waals surface area contributed by atoms with Gasteiger partial charge in [0.25, 0.3) is 5.91 Å². The van der Waals surface area contributed by atoms with Gasteiger partial charge >= 0.3 is 0 Å². The largest absolute Gasteiger partial charge is 0.322 e. The molecule has 2 aromatic rings. The molecule has 5 nitrogen and oxygen atoms in total. The quantitative estimate of drug-likeness (QED) is 0.513. The lowest BCUT2D eigenvalue weighted by atomic mass is 9.76. The topological polar surface area (TPSA) is 66.5 Å². The number of nitrogens with zero attached hydrogens (tertiary/aromatic N) is 1. The first-order chi connectivity index (χ1) is 13.4. The number of benzene rings is 2. The summed E-state index contributed by atoms with van der Waals surface area (Å²) < 4.78 is 1.08. The smallest absolute Gasteiger partial charge is 0.255 e. The van der Waals surface area contributed by atoms with Crippen LogP contribution in [0.5, 0.6) is 0 Å². The maximum absolute atomic E-state index is 12.9. The number of anilines is 2. The van der Waals surface area contributed by atoms with E-state index in [-0.39, 0.29) is 29.6 Å². The summed E-state index contributed by atoms with van der Waals surface area (Å²) in [5.74, 6) is -0.500. The van der Waals surface area contributed by atoms with Crippen molar-refractivity contribution >= 4 is 51.7 Å². The van der Waals surface area contributed by atoms with Crippen molar-refractivity contribution in [3.8, 4) is 0 Å². The number of hydrogen-bond donors (Lipinski definition) is 1. The highest BCUT2D eigenvalue weighted by molar-refractivity contribution is 14.1. The van der Waals surface area contributed by atoms with Crippen LogP contribution in [0.4, 0.5) is 11.4 Å². The van der Waals surface area contributed by atoms with E-state index in [0.29, 0.717) is 22.9 Å². The van der Waals surface area contributed by atoms with Crippen molar-refractivity contribution in [2.75, 3.05) is 10.2 Å². The Kier molecular flexibility index (Phi) is 5.23. The minimum Gasteiger partial charge on any atom is -0.322 e. The predicted molar refractivity (Wildman–Crippen MR) is 116 cm³/mol. The molecular weight excluding hydrogens is 467 g/mol. The molecule has 144 valence electrons. The zero-order valence-corrected chi connectivity index (χ0v) is 17.7. The van der Waals surface area contributed by atoms with E-state index in [9.17, 15) is 14.4 Å². The highest BCUT2D eigenvalue weighted by Gasteiger charge is 2.50. The monoisotopic (exact) mass is 488 g/mol. The summed E-state index contributed by atoms with van der Waals surface area (Å²) in [6.45, 7) is 2.13. The Balaban J connectivity index is 1.56. The molecule has 0 aromatic heterocycles. The second-order valence-electron chi connectivity index (χ2n) is 7.65. The van der Waals surface area contributed by atoms with E-state index in [1.807, 2.05) is 24.3 Å². The van der Waals surface area contributed by atoms with Crippen molar-refractivity contribution < 1.29 is 14.4 Å². The van der Waals surface area contributed by atoms with E-state index in [4.69, 9.17) is 0 Å². The van der Waals surface area contributed by atoms with Gasteiger partial charge in [-0.2, -0.15) is 0 Å². The fraction of sp³-hybridized carbons (Fsp3) is 0.318. The summed E-state index contributed by atoms with van der Waals surface area (Å²) in [7, 11) is 0. The van der Waals surface area contributed by atoms with Crippen molar-refractivity contribution in [3.05, 3.63) is 57.7 Å². The van der Waals surface area contributed by atoms with Gasteiger partial charge in [0, 0.05) is 14.8 Å². The SMILES string of the molecule is C[C@@H]1CC[C@@H]2C(=O)N(c3cccc(C(=O)Nc4ccc(I)cc4)c3)C(=O)[C@@H]2C1. The molecule has 28 heavy (non-hydrogen) atoms. The van der Waals surface area contributed by atoms with E-state index in [1.54, 1.807) is 24.3 Å². The Morgan fingerprint density at radius 3 is 2.50 bits per heavy atom. The first-order valence-corrected chi connectivity index (χ1v) is 10.6. The molecule has 2 fully saturated rings. The van der Waals surface area contributed by atoms with Gasteiger partial charge in [0.2, 0.25) is 11.8 Å². The molecule has 3 amide bonds. The van der Waals surface area contributed by atoms with Gasteiger partial charge in [-0.1, -0.05) is 13.0 Å². The van der Waals surface area contributed by atoms with Crippen molar-refractivity contribution in [1.82, 2.24) is 0 Å². The first-order valence-electron chi connectivity index (χ1n) is 9.49. The molecule has 4 rings (SSSR count). The maximum Gasteiger partial charge on any atom is 0.255 e. The number of fused-ring (bicyclic) bond motifs is 1. The van der Waals surface area contributed by atoms with E-state index < -0.39 is 0 Å². The van der Waals surface area contributed by atoms with Crippen molar-refractivity contribution in [1.29, 1.82) is 0 Å². The Labute approximate surface area is 177 Å². The van der Waals surface area contributed by atoms with Crippen LogP contribution in [0.3, 0.4) is 0 Å². The fourth-order valence-corrected chi connectivity index (χ4v) is 4.53. The van der Waals surface area contributed by atoms with Crippen LogP contribution >= 0.6 is 22.6 Å². The molecule has 0 spiro atoms. The normalized spacial score (nSPS) is 24.2. The van der Waals surface area contributed by atoms with Gasteiger partial charge in [0.05, 0.1) is 17.5 Å². The summed E-state index contributed by atoms with van der Waals surface area (Å²) in [4.78, 5) is 39.7. The van der Waals surface area contributed by atoms with E-state index in [1.165, 1.54) is 4.90 Å². The molecule has 1 aliphatic heterocycles. The zero-order chi connectivity index (χ0) is 19.8. The number of rotatable bonds is 3. The Morgan fingerprint density at radius 2 is 1.75 bits per heavy atom. The minimum atomic E-state index is -0.270. The molecule has 6 heteroatoms. The van der Waals surface area contributed by atoms with Crippen LogP contribution in [0.2, 0.25) is 0 Å². The molecule has 0 radical (unpaired) electrons. The number of nitrogens with one attached hydrogen (secondary N) is 1. The number of carbonyl (C=O) groups excluding carboxylic acids is 3. The van der Waals surface area contributed by atoms with Crippen molar-refractivity contribution in [2.24, 2.45) is 17.8 Å². The molecule has 2 aliphatic rings. The third kappa shape index (κ3) is 3.57. The van der Waals surface area contributed by atoms with Gasteiger partial charge < -0.3 is 5.32 Å². The van der Waals surface area contributed by atoms with Crippen molar-refractivity contribution in [2.45, 2.75) is 26.2 Å². The van der Waals surface area contributed by atoms with Crippen LogP contribution in [0.1, 0.15) is 36.5 Å². The lowest BCUT2D eigenvalue weighted by Crippen LogP contribution is -2.31. The van der Waals surface area contributed by atoms with E-state index >= 15 is 0 Å². The molecule has 2 aromatic carbocycles. The molecule has 1 saturated heterocycles. The third-order valence-corrected chi connectivity index (χ3v) is 6.38. The molecular formula is C22H21IN2O3. The Hall–Kier alpha value is -2.22. The Bertz CT molecular complexity index is 941. The standard InChI is InChI=1S/C22H21IN2O3/c1-13-5-10-18-19(11-13)22(28)25(21(18)27)17-4-2-3-14(12-17)20(26)24-16-8-6-15(23)7-9-16/h2-4,6-9,12-13,18-19H,5,10-11H2,1H3,(H,24,26)/t13-,18+,19-/m1/s1. The molecule has 0 unspecified atom stereocenters. The summed E-state index contributed by atoms with van der Waals surface area (Å²) in [6, 6.07) is 14.2. The second kappa shape index (κ2) is 7.66. The number of amides is 3. The minimum absolute atomic E-state index is 0.128. The van der Waals surface area contributed by atoms with Crippen LogP contribution in [0.25, 0.3) is 0 Å². The molecule has 0 bridgehead atoms. The second-order valence-corrected chi connectivity index (χ2v) is 8.90. The first kappa shape index (κ1) is 19.1. The number of hydrogen-bond acceptors (Lipinski definition) is 3. The fourth-order valence-electron chi connectivity index (χ4n) is 4.17. The summed E-state index contributed by atoms with van der Waals surface area (Å²) >= 11 is 2.20. The van der Waals surface area contributed by atoms with E-state index in [0.717, 1.165) is 22.8 Å². The van der Waals surface area contributed by atoms with Crippen LogP contribution < -0.4 is 10.2 Å². The summed E-state index contributed by atoms with van der Waals surface area (Å²) in [5, 5.41) is 2.85. The third-order valence-electron chi connectivity index (χ3n) is 5.66. The van der Waals surface area contributed by atoms with Gasteiger partial charge in [-0.15, -0.1) is 0 Å². The average Bonchev–Trinajstić information content (AvgIpc) is 2.93. The molecule has 1 N–H and O–H groups in total.